The van der Waals surface area contributed by atoms with Crippen molar-refractivity contribution in [2.24, 2.45) is 0 Å². The summed E-state index contributed by atoms with van der Waals surface area (Å²) in [6.45, 7) is 4.09. The third-order valence-electron chi connectivity index (χ3n) is 4.81. The van der Waals surface area contributed by atoms with Crippen molar-refractivity contribution in [1.82, 2.24) is 9.97 Å². The molecule has 0 amide bonds. The van der Waals surface area contributed by atoms with Gasteiger partial charge in [0.2, 0.25) is 0 Å². The van der Waals surface area contributed by atoms with Crippen LogP contribution in [0.15, 0.2) is 36.7 Å². The Balaban J connectivity index is 1.47. The molecule has 1 saturated heterocycles. The summed E-state index contributed by atoms with van der Waals surface area (Å²) in [5.41, 5.74) is 1.95. The first-order chi connectivity index (χ1) is 13.2. The van der Waals surface area contributed by atoms with E-state index in [4.69, 9.17) is 9.47 Å². The van der Waals surface area contributed by atoms with Gasteiger partial charge in [0.15, 0.2) is 6.10 Å². The molecule has 1 aromatic carbocycles. The molecule has 1 aliphatic heterocycles. The monoisotopic (exact) mass is 368 g/mol. The quantitative estimate of drug-likeness (QED) is 0.262. The summed E-state index contributed by atoms with van der Waals surface area (Å²) in [7, 11) is 0. The predicted octanol–water partition coefficient (Wildman–Crippen LogP) is 4.74. The fourth-order valence-corrected chi connectivity index (χ4v) is 3.02. The maximum Gasteiger partial charge on any atom is 0.343 e. The number of epoxide rings is 1. The molecular formula is C22H28N2O3. The predicted molar refractivity (Wildman–Crippen MR) is 105 cm³/mol. The standard InChI is InChI=1S/C22H28N2O3/c1-3-4-5-6-7-8-9-20-23-14-18(15-24-20)17-10-12-19(13-11-17)27-22(25)21-16(2)26-21/h10-16,21H,3-9H2,1-2H3/t16-,21-/m1/s1. The first-order valence-electron chi connectivity index (χ1n) is 9.96. The molecule has 0 aliphatic carbocycles. The summed E-state index contributed by atoms with van der Waals surface area (Å²) in [6, 6.07) is 7.38. The van der Waals surface area contributed by atoms with Crippen molar-refractivity contribution in [1.29, 1.82) is 0 Å². The van der Waals surface area contributed by atoms with Crippen LogP contribution in [0.3, 0.4) is 0 Å². The average molecular weight is 368 g/mol. The van der Waals surface area contributed by atoms with Crippen LogP contribution in [-0.4, -0.2) is 28.1 Å². The Morgan fingerprint density at radius 1 is 1.00 bits per heavy atom. The molecule has 1 aromatic heterocycles. The third-order valence-corrected chi connectivity index (χ3v) is 4.81. The molecule has 0 N–H and O–H groups in total. The van der Waals surface area contributed by atoms with E-state index < -0.39 is 6.10 Å². The highest BCUT2D eigenvalue weighted by Gasteiger charge is 2.42. The summed E-state index contributed by atoms with van der Waals surface area (Å²) >= 11 is 0. The van der Waals surface area contributed by atoms with Gasteiger partial charge in [-0.3, -0.25) is 0 Å². The van der Waals surface area contributed by atoms with Gasteiger partial charge in [0.05, 0.1) is 6.10 Å². The zero-order chi connectivity index (χ0) is 19.1. The molecule has 0 radical (unpaired) electrons. The van der Waals surface area contributed by atoms with Crippen LogP contribution in [0.1, 0.15) is 58.2 Å². The molecular weight excluding hydrogens is 340 g/mol. The Morgan fingerprint density at radius 3 is 2.26 bits per heavy atom. The van der Waals surface area contributed by atoms with E-state index in [0.717, 1.165) is 29.8 Å². The number of carbonyl (C=O) groups is 1. The minimum absolute atomic E-state index is 0.0382. The molecule has 27 heavy (non-hydrogen) atoms. The fraction of sp³-hybridized carbons (Fsp3) is 0.500. The van der Waals surface area contributed by atoms with E-state index in [-0.39, 0.29) is 12.1 Å². The van der Waals surface area contributed by atoms with Gasteiger partial charge in [-0.25, -0.2) is 14.8 Å². The maximum atomic E-state index is 11.8. The zero-order valence-electron chi connectivity index (χ0n) is 16.2. The van der Waals surface area contributed by atoms with E-state index in [9.17, 15) is 4.79 Å². The second kappa shape index (κ2) is 9.60. The first kappa shape index (κ1) is 19.5. The van der Waals surface area contributed by atoms with Gasteiger partial charge in [0.1, 0.15) is 11.6 Å². The molecule has 5 heteroatoms. The van der Waals surface area contributed by atoms with E-state index in [1.807, 2.05) is 31.5 Å². The van der Waals surface area contributed by atoms with Gasteiger partial charge >= 0.3 is 5.97 Å². The van der Waals surface area contributed by atoms with Gasteiger partial charge in [-0.15, -0.1) is 0 Å². The lowest BCUT2D eigenvalue weighted by Gasteiger charge is -2.06. The number of hydrogen-bond acceptors (Lipinski definition) is 5. The molecule has 144 valence electrons. The van der Waals surface area contributed by atoms with Crippen LogP contribution in [0.5, 0.6) is 5.75 Å². The Hall–Kier alpha value is -2.27. The molecule has 2 atom stereocenters. The minimum atomic E-state index is -0.419. The molecule has 2 heterocycles. The second-order valence-corrected chi connectivity index (χ2v) is 7.11. The number of hydrogen-bond donors (Lipinski definition) is 0. The third kappa shape index (κ3) is 5.86. The number of unbranched alkanes of at least 4 members (excludes halogenated alkanes) is 5. The van der Waals surface area contributed by atoms with Crippen molar-refractivity contribution in [2.75, 3.05) is 0 Å². The van der Waals surface area contributed by atoms with E-state index in [0.29, 0.717) is 5.75 Å². The second-order valence-electron chi connectivity index (χ2n) is 7.11. The summed E-state index contributed by atoms with van der Waals surface area (Å²) in [6.07, 6.45) is 11.8. The lowest BCUT2D eigenvalue weighted by molar-refractivity contribution is -0.135. The number of esters is 1. The molecule has 1 fully saturated rings. The van der Waals surface area contributed by atoms with Gasteiger partial charge in [-0.1, -0.05) is 51.2 Å². The molecule has 5 nitrogen and oxygen atoms in total. The van der Waals surface area contributed by atoms with Crippen LogP contribution in [-0.2, 0) is 16.0 Å². The van der Waals surface area contributed by atoms with Crippen molar-refractivity contribution in [2.45, 2.75) is 71.0 Å². The van der Waals surface area contributed by atoms with Gasteiger partial charge in [0.25, 0.3) is 0 Å². The summed E-state index contributed by atoms with van der Waals surface area (Å²) in [5, 5.41) is 0. The van der Waals surface area contributed by atoms with Crippen LogP contribution in [0, 0.1) is 0 Å². The van der Waals surface area contributed by atoms with Crippen LogP contribution in [0.2, 0.25) is 0 Å². The van der Waals surface area contributed by atoms with Gasteiger partial charge in [-0.2, -0.15) is 0 Å². The summed E-state index contributed by atoms with van der Waals surface area (Å²) < 4.78 is 10.4. The van der Waals surface area contributed by atoms with Crippen LogP contribution in [0.4, 0.5) is 0 Å². The van der Waals surface area contributed by atoms with Crippen molar-refractivity contribution in [3.05, 3.63) is 42.5 Å². The fourth-order valence-electron chi connectivity index (χ4n) is 3.02. The molecule has 0 bridgehead atoms. The van der Waals surface area contributed by atoms with Crippen molar-refractivity contribution in [3.8, 4) is 16.9 Å². The van der Waals surface area contributed by atoms with Crippen molar-refractivity contribution in [3.63, 3.8) is 0 Å². The lowest BCUT2D eigenvalue weighted by Crippen LogP contribution is -2.16. The molecule has 0 saturated carbocycles. The van der Waals surface area contributed by atoms with E-state index in [1.165, 1.54) is 32.1 Å². The zero-order valence-corrected chi connectivity index (χ0v) is 16.2. The molecule has 0 unspecified atom stereocenters. The van der Waals surface area contributed by atoms with Crippen LogP contribution < -0.4 is 4.74 Å². The number of aryl methyl sites for hydroxylation is 1. The molecule has 1 aliphatic rings. The highest BCUT2D eigenvalue weighted by Crippen LogP contribution is 2.25. The highest BCUT2D eigenvalue weighted by atomic mass is 16.6. The Bertz CT molecular complexity index is 728. The van der Waals surface area contributed by atoms with E-state index in [1.54, 1.807) is 12.1 Å². The smallest absolute Gasteiger partial charge is 0.343 e. The average Bonchev–Trinajstić information content (AvgIpc) is 3.43. The molecule has 3 rings (SSSR count). The Kier molecular flexibility index (Phi) is 6.93. The van der Waals surface area contributed by atoms with Crippen molar-refractivity contribution >= 4 is 5.97 Å². The van der Waals surface area contributed by atoms with E-state index in [2.05, 4.69) is 16.9 Å². The lowest BCUT2D eigenvalue weighted by atomic mass is 10.1. The number of ether oxygens (including phenoxy) is 2. The summed E-state index contributed by atoms with van der Waals surface area (Å²) in [4.78, 5) is 20.7. The minimum Gasteiger partial charge on any atom is -0.425 e. The normalized spacial score (nSPS) is 18.3. The molecule has 0 spiro atoms. The van der Waals surface area contributed by atoms with Crippen molar-refractivity contribution < 1.29 is 14.3 Å². The van der Waals surface area contributed by atoms with Gasteiger partial charge in [0, 0.05) is 24.4 Å². The maximum absolute atomic E-state index is 11.8. The van der Waals surface area contributed by atoms with E-state index >= 15 is 0 Å². The highest BCUT2D eigenvalue weighted by molar-refractivity contribution is 5.80. The first-order valence-corrected chi connectivity index (χ1v) is 9.96. The Labute approximate surface area is 161 Å². The largest absolute Gasteiger partial charge is 0.425 e. The number of rotatable bonds is 10. The summed E-state index contributed by atoms with van der Waals surface area (Å²) in [5.74, 6) is 1.09. The number of nitrogens with zero attached hydrogens (tertiary/aromatic N) is 2. The molecule has 2 aromatic rings. The Morgan fingerprint density at radius 2 is 1.63 bits per heavy atom. The topological polar surface area (TPSA) is 64.6 Å². The van der Waals surface area contributed by atoms with Gasteiger partial charge < -0.3 is 9.47 Å². The number of benzene rings is 1. The SMILES string of the molecule is CCCCCCCCc1ncc(-c2ccc(OC(=O)[C@@H]3O[C@@H]3C)cc2)cn1. The van der Waals surface area contributed by atoms with Gasteiger partial charge in [-0.05, 0) is 31.0 Å². The number of carbonyl (C=O) groups excluding carboxylic acids is 1. The van der Waals surface area contributed by atoms with Crippen LogP contribution >= 0.6 is 0 Å². The number of aromatic nitrogens is 2. The van der Waals surface area contributed by atoms with Crippen LogP contribution in [0.25, 0.3) is 11.1 Å².